The van der Waals surface area contributed by atoms with Crippen LogP contribution in [0.15, 0.2) is 33.9 Å². The Hall–Kier alpha value is -3.00. The zero-order chi connectivity index (χ0) is 26.9. The zero-order valence-electron chi connectivity index (χ0n) is 18.5. The maximum Gasteiger partial charge on any atom is 0.352 e. The van der Waals surface area contributed by atoms with Crippen LogP contribution >= 0.6 is 34.9 Å². The molecule has 0 aromatic carbocycles. The summed E-state index contributed by atoms with van der Waals surface area (Å²) in [5.74, 6) is -6.13. The molecule has 1 saturated heterocycles. The number of carbonyl (C=O) groups is 4. The molecular formula is C18H18N6O9S4. The standard InChI is InChI=1S/C18H18N6O9S4/c25-13(10(16(27)28)9-2-1-4-34-9)19-11-14(26)24-12(17(29)30)8(6-35-15(11)24)7-36-18-20-21-22-23(18)3-5-37(31,32)33/h1-2,4,10-11,15H,3,5-7H2,(H,19,25)(H,27,28)(H,29,30)(H,31,32,33)/t10?,11?,15-/m1/s1. The number of aromatic nitrogens is 4. The molecule has 4 N–H and O–H groups in total. The largest absolute Gasteiger partial charge is 0.480 e. The summed E-state index contributed by atoms with van der Waals surface area (Å²) in [5, 5.41) is 33.7. The van der Waals surface area contributed by atoms with Crippen LogP contribution in [0.25, 0.3) is 0 Å². The molecule has 0 bridgehead atoms. The van der Waals surface area contributed by atoms with E-state index in [4.69, 9.17) is 4.55 Å². The third kappa shape index (κ3) is 5.79. The second-order valence-electron chi connectivity index (χ2n) is 7.70. The highest BCUT2D eigenvalue weighted by Gasteiger charge is 2.54. The Morgan fingerprint density at radius 3 is 2.68 bits per heavy atom. The summed E-state index contributed by atoms with van der Waals surface area (Å²) in [5.41, 5.74) is 0.125. The van der Waals surface area contributed by atoms with E-state index in [1.807, 2.05) is 0 Å². The first-order chi connectivity index (χ1) is 17.5. The normalized spacial score (nSPS) is 20.2. The number of hydrogen-bond donors (Lipinski definition) is 4. The summed E-state index contributed by atoms with van der Waals surface area (Å²) in [4.78, 5) is 50.6. The molecule has 4 heterocycles. The van der Waals surface area contributed by atoms with Crippen molar-refractivity contribution in [1.29, 1.82) is 0 Å². The zero-order valence-corrected chi connectivity index (χ0v) is 21.7. The lowest BCUT2D eigenvalue weighted by atomic mass is 10.0. The van der Waals surface area contributed by atoms with E-state index < -0.39 is 57.0 Å². The Kier molecular flexibility index (Phi) is 7.88. The Morgan fingerprint density at radius 2 is 2.05 bits per heavy atom. The summed E-state index contributed by atoms with van der Waals surface area (Å²) in [6.07, 6.45) is 0. The van der Waals surface area contributed by atoms with Crippen LogP contribution in [0.3, 0.4) is 0 Å². The number of carboxylic acid groups (broad SMARTS) is 2. The highest BCUT2D eigenvalue weighted by atomic mass is 32.2. The average Bonchev–Trinajstić information content (AvgIpc) is 3.50. The Bertz CT molecular complexity index is 1370. The van der Waals surface area contributed by atoms with Gasteiger partial charge in [-0.05, 0) is 27.4 Å². The van der Waals surface area contributed by atoms with Gasteiger partial charge in [-0.15, -0.1) is 28.2 Å². The van der Waals surface area contributed by atoms with Crippen LogP contribution in [0.1, 0.15) is 10.8 Å². The number of rotatable bonds is 11. The number of nitrogens with zero attached hydrogens (tertiary/aromatic N) is 5. The predicted octanol–water partition coefficient (Wildman–Crippen LogP) is -0.678. The van der Waals surface area contributed by atoms with Crippen LogP contribution in [0.5, 0.6) is 0 Å². The van der Waals surface area contributed by atoms with Crippen LogP contribution in [0.4, 0.5) is 0 Å². The molecule has 37 heavy (non-hydrogen) atoms. The summed E-state index contributed by atoms with van der Waals surface area (Å²) < 4.78 is 32.0. The van der Waals surface area contributed by atoms with Crippen molar-refractivity contribution in [3.8, 4) is 0 Å². The lowest BCUT2D eigenvalue weighted by Gasteiger charge is -2.49. The topological polar surface area (TPSA) is 222 Å². The van der Waals surface area contributed by atoms with Gasteiger partial charge >= 0.3 is 11.9 Å². The molecule has 3 atom stereocenters. The fraction of sp³-hybridized carbons (Fsp3) is 0.389. The first-order valence-corrected chi connectivity index (χ1v) is 14.8. The SMILES string of the molecule is O=C(O)C1=C(CSc2nnnn2CCS(=O)(=O)O)CS[C@@H]2C(NC(=O)C(C(=O)O)c3cccs3)C(=O)N12. The number of carboxylic acids is 2. The first kappa shape index (κ1) is 27.0. The van der Waals surface area contributed by atoms with Gasteiger partial charge in [0.15, 0.2) is 5.92 Å². The van der Waals surface area contributed by atoms with Crippen molar-refractivity contribution in [1.82, 2.24) is 30.4 Å². The number of fused-ring (bicyclic) bond motifs is 1. The minimum absolute atomic E-state index is 0.0634. The highest BCUT2D eigenvalue weighted by Crippen LogP contribution is 2.41. The number of tetrazole rings is 1. The number of aryl methyl sites for hydroxylation is 1. The van der Waals surface area contributed by atoms with Gasteiger partial charge in [-0.1, -0.05) is 17.8 Å². The van der Waals surface area contributed by atoms with Gasteiger partial charge in [0.05, 0.1) is 12.3 Å². The molecule has 2 aromatic rings. The number of carbonyl (C=O) groups excluding carboxylic acids is 2. The molecule has 19 heteroatoms. The fourth-order valence-electron chi connectivity index (χ4n) is 3.64. The van der Waals surface area contributed by atoms with E-state index in [1.165, 1.54) is 17.8 Å². The van der Waals surface area contributed by atoms with Gasteiger partial charge in [-0.2, -0.15) is 8.42 Å². The third-order valence-electron chi connectivity index (χ3n) is 5.32. The van der Waals surface area contributed by atoms with Crippen molar-refractivity contribution in [3.63, 3.8) is 0 Å². The van der Waals surface area contributed by atoms with Crippen LogP contribution in [0.2, 0.25) is 0 Å². The number of nitrogens with one attached hydrogen (secondary N) is 1. The quantitative estimate of drug-likeness (QED) is 0.110. The van der Waals surface area contributed by atoms with Crippen LogP contribution in [-0.2, 0) is 35.8 Å². The van der Waals surface area contributed by atoms with Crippen molar-refractivity contribution in [3.05, 3.63) is 33.7 Å². The summed E-state index contributed by atoms with van der Waals surface area (Å²) >= 11 is 3.32. The van der Waals surface area contributed by atoms with E-state index in [1.54, 1.807) is 11.4 Å². The number of hydrogen-bond acceptors (Lipinski definition) is 12. The van der Waals surface area contributed by atoms with E-state index in [0.29, 0.717) is 10.5 Å². The molecule has 0 spiro atoms. The van der Waals surface area contributed by atoms with Gasteiger partial charge in [0.1, 0.15) is 17.1 Å². The molecule has 0 saturated carbocycles. The Morgan fingerprint density at radius 1 is 1.30 bits per heavy atom. The molecule has 0 aliphatic carbocycles. The molecule has 2 unspecified atom stereocenters. The molecular weight excluding hydrogens is 572 g/mol. The number of aliphatic carboxylic acids is 2. The van der Waals surface area contributed by atoms with Gasteiger partial charge in [0.2, 0.25) is 11.1 Å². The second-order valence-corrected chi connectivity index (χ2v) is 12.3. The smallest absolute Gasteiger partial charge is 0.352 e. The van der Waals surface area contributed by atoms with Crippen LogP contribution in [-0.4, -0.2) is 101 Å². The predicted molar refractivity (Wildman–Crippen MR) is 129 cm³/mol. The molecule has 198 valence electrons. The highest BCUT2D eigenvalue weighted by molar-refractivity contribution is 8.01. The molecule has 4 rings (SSSR count). The van der Waals surface area contributed by atoms with Crippen molar-refractivity contribution < 1.29 is 42.4 Å². The molecule has 0 radical (unpaired) electrons. The van der Waals surface area contributed by atoms with E-state index in [-0.39, 0.29) is 28.9 Å². The molecule has 2 amide bonds. The van der Waals surface area contributed by atoms with E-state index >= 15 is 0 Å². The lowest BCUT2D eigenvalue weighted by molar-refractivity contribution is -0.152. The minimum Gasteiger partial charge on any atom is -0.480 e. The van der Waals surface area contributed by atoms with E-state index in [9.17, 15) is 37.8 Å². The van der Waals surface area contributed by atoms with E-state index in [2.05, 4.69) is 20.8 Å². The summed E-state index contributed by atoms with van der Waals surface area (Å²) in [6.45, 7) is -0.218. The van der Waals surface area contributed by atoms with Gasteiger partial charge < -0.3 is 15.5 Å². The van der Waals surface area contributed by atoms with Crippen molar-refractivity contribution in [2.75, 3.05) is 17.3 Å². The third-order valence-corrected chi connectivity index (χ3v) is 9.34. The average molecular weight is 591 g/mol. The Balaban J connectivity index is 1.46. The van der Waals surface area contributed by atoms with Crippen LogP contribution in [0, 0.1) is 0 Å². The van der Waals surface area contributed by atoms with E-state index in [0.717, 1.165) is 32.7 Å². The first-order valence-electron chi connectivity index (χ1n) is 10.3. The number of amides is 2. The maximum atomic E-state index is 12.9. The number of thioether (sulfide) groups is 2. The number of β-lactam (4-membered cyclic amide) rings is 1. The number of thiophene rings is 1. The van der Waals surface area contributed by atoms with Gasteiger partial charge in [-0.3, -0.25) is 23.8 Å². The molecule has 2 aliphatic rings. The fourth-order valence-corrected chi connectivity index (χ4v) is 7.25. The lowest BCUT2D eigenvalue weighted by Crippen LogP contribution is -2.71. The molecule has 2 aliphatic heterocycles. The summed E-state index contributed by atoms with van der Waals surface area (Å²) in [6, 6.07) is 2.02. The molecule has 2 aromatic heterocycles. The van der Waals surface area contributed by atoms with Gasteiger partial charge in [0.25, 0.3) is 16.0 Å². The van der Waals surface area contributed by atoms with Gasteiger partial charge in [0, 0.05) is 16.4 Å². The molecule has 15 nitrogen and oxygen atoms in total. The molecule has 1 fully saturated rings. The van der Waals surface area contributed by atoms with Crippen molar-refractivity contribution in [2.24, 2.45) is 0 Å². The van der Waals surface area contributed by atoms with Crippen LogP contribution < -0.4 is 5.32 Å². The van der Waals surface area contributed by atoms with Gasteiger partial charge in [-0.25, -0.2) is 9.48 Å². The summed E-state index contributed by atoms with van der Waals surface area (Å²) in [7, 11) is -4.24. The maximum absolute atomic E-state index is 12.9. The minimum atomic E-state index is -4.24. The van der Waals surface area contributed by atoms with Crippen molar-refractivity contribution in [2.45, 2.75) is 29.0 Å². The van der Waals surface area contributed by atoms with Crippen molar-refractivity contribution >= 4 is 68.7 Å². The monoisotopic (exact) mass is 590 g/mol. The second kappa shape index (κ2) is 10.8. The Labute approximate surface area is 221 Å².